The van der Waals surface area contributed by atoms with Crippen molar-refractivity contribution >= 4 is 18.5 Å². The first-order chi connectivity index (χ1) is 17.0. The molecule has 3 heterocycles. The zero-order chi connectivity index (χ0) is 24.4. The van der Waals surface area contributed by atoms with Gasteiger partial charge in [0.1, 0.15) is 12.5 Å². The van der Waals surface area contributed by atoms with Crippen molar-refractivity contribution in [1.82, 2.24) is 4.90 Å². The first-order valence-corrected chi connectivity index (χ1v) is 13.4. The van der Waals surface area contributed by atoms with Crippen molar-refractivity contribution < 1.29 is 19.3 Å². The number of fused-ring (bicyclic) bond motifs is 1. The van der Waals surface area contributed by atoms with Crippen molar-refractivity contribution in [2.24, 2.45) is 5.73 Å². The highest BCUT2D eigenvalue weighted by Gasteiger charge is 2.45. The van der Waals surface area contributed by atoms with E-state index >= 15 is 0 Å². The van der Waals surface area contributed by atoms with E-state index in [-0.39, 0.29) is 11.8 Å². The molecule has 7 heteroatoms. The van der Waals surface area contributed by atoms with Crippen molar-refractivity contribution in [3.63, 3.8) is 0 Å². The quantitative estimate of drug-likeness (QED) is 0.467. The molecule has 35 heavy (non-hydrogen) atoms. The molecule has 186 valence electrons. The molecule has 0 radical (unpaired) electrons. The maximum absolute atomic E-state index is 14.1. The van der Waals surface area contributed by atoms with Crippen LogP contribution in [0.5, 0.6) is 0 Å². The smallest absolute Gasteiger partial charge is 0.423 e. The second-order valence-electron chi connectivity index (χ2n) is 10.9. The van der Waals surface area contributed by atoms with Crippen molar-refractivity contribution in [3.8, 4) is 0 Å². The van der Waals surface area contributed by atoms with Gasteiger partial charge in [0.15, 0.2) is 0 Å². The Morgan fingerprint density at radius 3 is 2.43 bits per heavy atom. The fourth-order valence-corrected chi connectivity index (χ4v) is 6.86. The van der Waals surface area contributed by atoms with E-state index in [0.717, 1.165) is 73.3 Å². The predicted molar refractivity (Wildman–Crippen MR) is 139 cm³/mol. The molecule has 1 spiro atoms. The third kappa shape index (κ3) is 5.05. The second-order valence-corrected chi connectivity index (χ2v) is 10.9. The zero-order valence-electron chi connectivity index (χ0n) is 20.7. The summed E-state index contributed by atoms with van der Waals surface area (Å²) in [6.07, 6.45) is 6.82. The highest BCUT2D eigenvalue weighted by Crippen LogP contribution is 2.37. The monoisotopic (exact) mass is 476 g/mol. The van der Waals surface area contributed by atoms with Crippen LogP contribution in [0.3, 0.4) is 0 Å². The van der Waals surface area contributed by atoms with Gasteiger partial charge in [-0.05, 0) is 66.6 Å². The van der Waals surface area contributed by atoms with Crippen LogP contribution in [0.2, 0.25) is 0 Å². The third-order valence-electron chi connectivity index (χ3n) is 8.71. The van der Waals surface area contributed by atoms with Crippen molar-refractivity contribution in [3.05, 3.63) is 64.7 Å². The van der Waals surface area contributed by atoms with Gasteiger partial charge in [0, 0.05) is 25.2 Å². The van der Waals surface area contributed by atoms with E-state index in [2.05, 4.69) is 30.3 Å². The van der Waals surface area contributed by atoms with Gasteiger partial charge in [-0.3, -0.25) is 4.79 Å². The molecule has 2 saturated heterocycles. The van der Waals surface area contributed by atoms with Crippen LogP contribution in [-0.4, -0.2) is 65.2 Å². The van der Waals surface area contributed by atoms with E-state index in [1.54, 1.807) is 6.07 Å². The number of carbonyl (C=O) groups excluding carboxylic acids is 1. The van der Waals surface area contributed by atoms with E-state index in [9.17, 15) is 14.8 Å². The normalized spacial score (nSPS) is 22.5. The molecule has 2 aromatic rings. The Hall–Kier alpha value is -2.19. The molecule has 1 atom stereocenters. The molecule has 3 aliphatic heterocycles. The van der Waals surface area contributed by atoms with Crippen LogP contribution in [0.4, 0.5) is 0 Å². The minimum absolute atomic E-state index is 0.162. The van der Waals surface area contributed by atoms with Gasteiger partial charge in [-0.15, -0.1) is 0 Å². The molecule has 0 aliphatic carbocycles. The Kier molecular flexibility index (Phi) is 7.30. The molecule has 0 saturated carbocycles. The Labute approximate surface area is 209 Å². The second kappa shape index (κ2) is 10.4. The van der Waals surface area contributed by atoms with Gasteiger partial charge >= 0.3 is 7.12 Å². The number of hydrogen-bond donors (Lipinski definition) is 3. The summed E-state index contributed by atoms with van der Waals surface area (Å²) in [6.45, 7) is 5.90. The summed E-state index contributed by atoms with van der Waals surface area (Å²) < 4.78 is 0.955. The molecule has 2 aromatic carbocycles. The zero-order valence-corrected chi connectivity index (χ0v) is 20.7. The first kappa shape index (κ1) is 24.5. The number of nitrogens with zero attached hydrogens (tertiary/aromatic N) is 2. The average Bonchev–Trinajstić information content (AvgIpc) is 3.12. The summed E-state index contributed by atoms with van der Waals surface area (Å²) in [5.74, 6) is 0.296. The Morgan fingerprint density at radius 1 is 1.03 bits per heavy atom. The highest BCUT2D eigenvalue weighted by molar-refractivity contribution is 6.59. The molecule has 3 aliphatic rings. The van der Waals surface area contributed by atoms with Gasteiger partial charge in [0.05, 0.1) is 19.6 Å². The number of rotatable bonds is 4. The number of nitrogens with two attached hydrogens (primary N) is 1. The molecule has 6 nitrogen and oxygen atoms in total. The van der Waals surface area contributed by atoms with E-state index < -0.39 is 7.12 Å². The van der Waals surface area contributed by atoms with E-state index in [1.807, 2.05) is 11.0 Å². The Morgan fingerprint density at radius 2 is 1.74 bits per heavy atom. The summed E-state index contributed by atoms with van der Waals surface area (Å²) in [5, 5.41) is 20.3. The standard InChI is InChI=1S/C28H39BN3O3/c30-18-21-7-5-8-23(17-21)22-11-13-31(14-12-22)28(33)25-20-32(15-3-1-2-4-16-32)19-24-9-6-10-26(27(24)25)29(34)35/h5-10,17,22,25,34-35H,1-4,11-16,18-20,30H2/q+1. The maximum Gasteiger partial charge on any atom is 0.488 e. The molecule has 1 unspecified atom stereocenters. The predicted octanol–water partition coefficient (Wildman–Crippen LogP) is 2.22. The van der Waals surface area contributed by atoms with Crippen LogP contribution in [0.25, 0.3) is 0 Å². The number of benzene rings is 2. The van der Waals surface area contributed by atoms with Gasteiger partial charge in [-0.1, -0.05) is 42.5 Å². The van der Waals surface area contributed by atoms with Gasteiger partial charge < -0.3 is 25.2 Å². The maximum atomic E-state index is 14.1. The molecule has 2 fully saturated rings. The number of carbonyl (C=O) groups is 1. The lowest BCUT2D eigenvalue weighted by Gasteiger charge is -2.46. The first-order valence-electron chi connectivity index (χ1n) is 13.4. The molecule has 4 N–H and O–H groups in total. The summed E-state index contributed by atoms with van der Waals surface area (Å²) in [5.41, 5.74) is 10.8. The molecule has 0 bridgehead atoms. The summed E-state index contributed by atoms with van der Waals surface area (Å²) >= 11 is 0. The summed E-state index contributed by atoms with van der Waals surface area (Å²) in [7, 11) is -1.56. The van der Waals surface area contributed by atoms with E-state index in [0.29, 0.717) is 17.9 Å². The van der Waals surface area contributed by atoms with Crippen LogP contribution in [-0.2, 0) is 17.9 Å². The number of likely N-dealkylation sites (tertiary alicyclic amines) is 1. The topological polar surface area (TPSA) is 86.8 Å². The molecule has 0 aromatic heterocycles. The Bertz CT molecular complexity index is 1040. The third-order valence-corrected chi connectivity index (χ3v) is 8.71. The molecule has 1 amide bonds. The van der Waals surface area contributed by atoms with Crippen LogP contribution in [0.15, 0.2) is 42.5 Å². The number of quaternary nitrogens is 1. The molecular formula is C28H39BN3O3+. The van der Waals surface area contributed by atoms with E-state index in [4.69, 9.17) is 5.73 Å². The minimum atomic E-state index is -1.56. The van der Waals surface area contributed by atoms with Crippen molar-refractivity contribution in [2.45, 2.75) is 63.5 Å². The minimum Gasteiger partial charge on any atom is -0.423 e. The fraction of sp³-hybridized carbons (Fsp3) is 0.536. The molecule has 5 rings (SSSR count). The lowest BCUT2D eigenvalue weighted by Crippen LogP contribution is -2.57. The van der Waals surface area contributed by atoms with Gasteiger partial charge in [-0.25, -0.2) is 0 Å². The van der Waals surface area contributed by atoms with Crippen molar-refractivity contribution in [1.29, 1.82) is 0 Å². The number of amides is 1. The Balaban J connectivity index is 1.39. The van der Waals surface area contributed by atoms with Crippen LogP contribution in [0, 0.1) is 0 Å². The molecular weight excluding hydrogens is 437 g/mol. The van der Waals surface area contributed by atoms with Crippen LogP contribution >= 0.6 is 0 Å². The fourth-order valence-electron chi connectivity index (χ4n) is 6.86. The number of piperidine rings is 1. The van der Waals surface area contributed by atoms with Gasteiger partial charge in [0.2, 0.25) is 5.91 Å². The largest absolute Gasteiger partial charge is 0.488 e. The van der Waals surface area contributed by atoms with Gasteiger partial charge in [-0.2, -0.15) is 0 Å². The van der Waals surface area contributed by atoms with Crippen LogP contribution < -0.4 is 11.2 Å². The van der Waals surface area contributed by atoms with E-state index in [1.165, 1.54) is 31.2 Å². The lowest BCUT2D eigenvalue weighted by atomic mass is 9.70. The number of hydrogen-bond acceptors (Lipinski definition) is 4. The lowest BCUT2D eigenvalue weighted by molar-refractivity contribution is -0.942. The van der Waals surface area contributed by atoms with Crippen molar-refractivity contribution in [2.75, 3.05) is 32.7 Å². The SMILES string of the molecule is NCc1cccc(C2CCN(C(=O)C3C[N+]4(CCCCCC4)Cc4cccc(B(O)O)c43)CC2)c1. The summed E-state index contributed by atoms with van der Waals surface area (Å²) in [4.78, 5) is 16.1. The highest BCUT2D eigenvalue weighted by atomic mass is 16.4. The summed E-state index contributed by atoms with van der Waals surface area (Å²) in [6, 6.07) is 14.3. The average molecular weight is 476 g/mol. The van der Waals surface area contributed by atoms with Gasteiger partial charge in [0.25, 0.3) is 0 Å². The van der Waals surface area contributed by atoms with Crippen LogP contribution in [0.1, 0.15) is 72.6 Å².